The first-order chi connectivity index (χ1) is 9.34. The molecule has 2 aromatic rings. The quantitative estimate of drug-likeness (QED) is 0.841. The van der Waals surface area contributed by atoms with Gasteiger partial charge in [0.05, 0.1) is 36.2 Å². The molecule has 1 aliphatic rings. The van der Waals surface area contributed by atoms with Crippen LogP contribution in [0.2, 0.25) is 5.02 Å². The van der Waals surface area contributed by atoms with E-state index in [1.54, 1.807) is 0 Å². The lowest BCUT2D eigenvalue weighted by Crippen LogP contribution is -2.23. The van der Waals surface area contributed by atoms with Crippen molar-refractivity contribution in [1.82, 2.24) is 4.98 Å². The van der Waals surface area contributed by atoms with Gasteiger partial charge in [-0.25, -0.2) is 4.98 Å². The number of halogens is 1. The smallest absolute Gasteiger partial charge is 0.124 e. The van der Waals surface area contributed by atoms with Crippen LogP contribution in [0.25, 0.3) is 11.3 Å². The van der Waals surface area contributed by atoms with Crippen LogP contribution in [0.15, 0.2) is 42.5 Å². The summed E-state index contributed by atoms with van der Waals surface area (Å²) in [6.07, 6.45) is -0.176. The van der Waals surface area contributed by atoms with Gasteiger partial charge in [-0.3, -0.25) is 0 Å². The summed E-state index contributed by atoms with van der Waals surface area (Å²) >= 11 is 6.22. The van der Waals surface area contributed by atoms with Gasteiger partial charge in [0, 0.05) is 5.56 Å². The fourth-order valence-corrected chi connectivity index (χ4v) is 2.33. The Bertz CT molecular complexity index is 553. The van der Waals surface area contributed by atoms with Crippen LogP contribution in [0.5, 0.6) is 0 Å². The zero-order valence-corrected chi connectivity index (χ0v) is 11.1. The summed E-state index contributed by atoms with van der Waals surface area (Å²) in [6.45, 7) is 1.72. The molecule has 1 saturated heterocycles. The van der Waals surface area contributed by atoms with Crippen molar-refractivity contribution in [2.45, 2.75) is 6.10 Å². The standard InChI is InChI=1S/C15H14ClNO2/c16-12-6-7-13(11-4-2-1-3-5-11)17-15(12)14-10-18-8-9-19-14/h1-7,14H,8-10H2. The summed E-state index contributed by atoms with van der Waals surface area (Å²) in [6, 6.07) is 13.8. The predicted molar refractivity (Wildman–Crippen MR) is 74.2 cm³/mol. The van der Waals surface area contributed by atoms with Gasteiger partial charge in [0.25, 0.3) is 0 Å². The molecule has 4 heteroatoms. The fraction of sp³-hybridized carbons (Fsp3) is 0.267. The number of benzene rings is 1. The van der Waals surface area contributed by atoms with Crippen LogP contribution in [0.4, 0.5) is 0 Å². The van der Waals surface area contributed by atoms with Crippen molar-refractivity contribution in [2.75, 3.05) is 19.8 Å². The second kappa shape index (κ2) is 5.70. The van der Waals surface area contributed by atoms with Crippen molar-refractivity contribution in [3.05, 3.63) is 53.2 Å². The zero-order chi connectivity index (χ0) is 13.1. The van der Waals surface area contributed by atoms with Crippen molar-refractivity contribution < 1.29 is 9.47 Å². The van der Waals surface area contributed by atoms with Gasteiger partial charge in [0.2, 0.25) is 0 Å². The van der Waals surface area contributed by atoms with Crippen LogP contribution >= 0.6 is 11.6 Å². The maximum atomic E-state index is 6.22. The molecule has 0 saturated carbocycles. The van der Waals surface area contributed by atoms with Crippen LogP contribution in [0, 0.1) is 0 Å². The molecule has 19 heavy (non-hydrogen) atoms. The van der Waals surface area contributed by atoms with E-state index in [0.29, 0.717) is 24.8 Å². The number of nitrogens with zero attached hydrogens (tertiary/aromatic N) is 1. The Labute approximate surface area is 117 Å². The molecule has 1 aromatic carbocycles. The summed E-state index contributed by atoms with van der Waals surface area (Å²) in [5.74, 6) is 0. The molecule has 0 bridgehead atoms. The lowest BCUT2D eigenvalue weighted by Gasteiger charge is -2.23. The van der Waals surface area contributed by atoms with Crippen LogP contribution in [-0.4, -0.2) is 24.8 Å². The van der Waals surface area contributed by atoms with Crippen LogP contribution < -0.4 is 0 Å². The maximum Gasteiger partial charge on any atom is 0.124 e. The van der Waals surface area contributed by atoms with E-state index in [1.807, 2.05) is 42.5 Å². The number of pyridine rings is 1. The largest absolute Gasteiger partial charge is 0.376 e. The molecule has 0 spiro atoms. The van der Waals surface area contributed by atoms with E-state index < -0.39 is 0 Å². The number of hydrogen-bond donors (Lipinski definition) is 0. The third-order valence-corrected chi connectivity index (χ3v) is 3.38. The van der Waals surface area contributed by atoms with E-state index in [9.17, 15) is 0 Å². The van der Waals surface area contributed by atoms with Crippen molar-refractivity contribution in [1.29, 1.82) is 0 Å². The Morgan fingerprint density at radius 3 is 2.63 bits per heavy atom. The van der Waals surface area contributed by atoms with Gasteiger partial charge in [-0.15, -0.1) is 0 Å². The molecule has 3 nitrogen and oxygen atoms in total. The Morgan fingerprint density at radius 1 is 1.05 bits per heavy atom. The Balaban J connectivity index is 1.96. The highest BCUT2D eigenvalue weighted by atomic mass is 35.5. The average molecular weight is 276 g/mol. The van der Waals surface area contributed by atoms with Gasteiger partial charge in [-0.2, -0.15) is 0 Å². The van der Waals surface area contributed by atoms with Gasteiger partial charge in [-0.1, -0.05) is 41.9 Å². The van der Waals surface area contributed by atoms with Gasteiger partial charge in [0.15, 0.2) is 0 Å². The molecular weight excluding hydrogens is 262 g/mol. The summed E-state index contributed by atoms with van der Waals surface area (Å²) in [5.41, 5.74) is 2.72. The highest BCUT2D eigenvalue weighted by Crippen LogP contribution is 2.28. The van der Waals surface area contributed by atoms with Crippen LogP contribution in [0.3, 0.4) is 0 Å². The topological polar surface area (TPSA) is 31.4 Å². The first-order valence-corrected chi connectivity index (χ1v) is 6.63. The molecule has 1 aromatic heterocycles. The Hall–Kier alpha value is -1.42. The first-order valence-electron chi connectivity index (χ1n) is 6.26. The van der Waals surface area contributed by atoms with Gasteiger partial charge in [0.1, 0.15) is 6.10 Å². The molecule has 1 fully saturated rings. The number of aromatic nitrogens is 1. The molecule has 98 valence electrons. The van der Waals surface area contributed by atoms with E-state index in [-0.39, 0.29) is 6.10 Å². The molecular formula is C15H14ClNO2. The SMILES string of the molecule is Clc1ccc(-c2ccccc2)nc1C1COCCO1. The van der Waals surface area contributed by atoms with Crippen molar-refractivity contribution in [3.8, 4) is 11.3 Å². The first kappa shape index (κ1) is 12.6. The second-order valence-electron chi connectivity index (χ2n) is 4.36. The molecule has 3 rings (SSSR count). The highest BCUT2D eigenvalue weighted by molar-refractivity contribution is 6.31. The lowest BCUT2D eigenvalue weighted by atomic mass is 10.1. The van der Waals surface area contributed by atoms with Gasteiger partial charge >= 0.3 is 0 Å². The van der Waals surface area contributed by atoms with Crippen molar-refractivity contribution in [2.24, 2.45) is 0 Å². The van der Waals surface area contributed by atoms with Gasteiger partial charge in [-0.05, 0) is 12.1 Å². The third kappa shape index (κ3) is 2.78. The van der Waals surface area contributed by atoms with E-state index in [0.717, 1.165) is 17.0 Å². The highest BCUT2D eigenvalue weighted by Gasteiger charge is 2.21. The summed E-state index contributed by atoms with van der Waals surface area (Å²) in [4.78, 5) is 4.63. The zero-order valence-electron chi connectivity index (χ0n) is 10.4. The third-order valence-electron chi connectivity index (χ3n) is 3.06. The summed E-state index contributed by atoms with van der Waals surface area (Å²) in [7, 11) is 0. The lowest BCUT2D eigenvalue weighted by molar-refractivity contribution is -0.0916. The minimum absolute atomic E-state index is 0.176. The molecule has 0 radical (unpaired) electrons. The second-order valence-corrected chi connectivity index (χ2v) is 4.77. The van der Waals surface area contributed by atoms with E-state index in [1.165, 1.54) is 0 Å². The normalized spacial score (nSPS) is 19.3. The van der Waals surface area contributed by atoms with E-state index in [2.05, 4.69) is 4.98 Å². The number of hydrogen-bond acceptors (Lipinski definition) is 3. The Morgan fingerprint density at radius 2 is 1.89 bits per heavy atom. The number of ether oxygens (including phenoxy) is 2. The average Bonchev–Trinajstić information content (AvgIpc) is 2.49. The fourth-order valence-electron chi connectivity index (χ4n) is 2.10. The Kier molecular flexibility index (Phi) is 3.78. The summed E-state index contributed by atoms with van der Waals surface area (Å²) in [5, 5.41) is 0.621. The van der Waals surface area contributed by atoms with Crippen LogP contribution in [0.1, 0.15) is 11.8 Å². The predicted octanol–water partition coefficient (Wildman–Crippen LogP) is 3.49. The van der Waals surface area contributed by atoms with Crippen molar-refractivity contribution in [3.63, 3.8) is 0 Å². The van der Waals surface area contributed by atoms with E-state index >= 15 is 0 Å². The number of rotatable bonds is 2. The summed E-state index contributed by atoms with van der Waals surface area (Å²) < 4.78 is 11.1. The minimum atomic E-state index is -0.176. The molecule has 1 atom stereocenters. The monoisotopic (exact) mass is 275 g/mol. The minimum Gasteiger partial charge on any atom is -0.376 e. The molecule has 0 N–H and O–H groups in total. The molecule has 2 heterocycles. The van der Waals surface area contributed by atoms with E-state index in [4.69, 9.17) is 21.1 Å². The van der Waals surface area contributed by atoms with Crippen LogP contribution in [-0.2, 0) is 9.47 Å². The molecule has 1 aliphatic heterocycles. The molecule has 0 aliphatic carbocycles. The molecule has 0 amide bonds. The van der Waals surface area contributed by atoms with Gasteiger partial charge < -0.3 is 9.47 Å². The molecule has 1 unspecified atom stereocenters. The maximum absolute atomic E-state index is 6.22. The van der Waals surface area contributed by atoms with Crippen molar-refractivity contribution >= 4 is 11.6 Å².